The number of hydrogen-bond donors (Lipinski definition) is 3. The molecule has 4 saturated heterocycles. The molecule has 5 aliphatic rings. The number of aromatic nitrogens is 3. The number of likely N-dealkylation sites (N-methyl/N-ethyl adjacent to an activating group) is 1. The normalized spacial score (nSPS) is 20.2. The summed E-state index contributed by atoms with van der Waals surface area (Å²) in [7, 11) is 1.51. The Labute approximate surface area is 375 Å². The van der Waals surface area contributed by atoms with Gasteiger partial charge < -0.3 is 34.6 Å². The van der Waals surface area contributed by atoms with Crippen molar-refractivity contribution in [1.29, 1.82) is 0 Å². The summed E-state index contributed by atoms with van der Waals surface area (Å²) in [4.78, 5) is 93.9. The third-order valence-electron chi connectivity index (χ3n) is 13.7. The van der Waals surface area contributed by atoms with Crippen molar-refractivity contribution in [3.8, 4) is 5.75 Å². The molecule has 3 N–H and O–H groups in total. The Bertz CT molecular complexity index is 2630. The molecule has 4 aromatic rings. The van der Waals surface area contributed by atoms with Crippen LogP contribution in [0.2, 0.25) is 5.02 Å². The number of likely N-dealkylation sites (tertiary alicyclic amines) is 1. The molecule has 18 heteroatoms. The molecule has 336 valence electrons. The minimum absolute atomic E-state index is 0.0890. The lowest BCUT2D eigenvalue weighted by Crippen LogP contribution is -2.61. The molecule has 9 rings (SSSR count). The van der Waals surface area contributed by atoms with Gasteiger partial charge in [0, 0.05) is 74.4 Å². The third-order valence-corrected chi connectivity index (χ3v) is 14.0. The van der Waals surface area contributed by atoms with E-state index in [1.54, 1.807) is 22.9 Å². The zero-order valence-electron chi connectivity index (χ0n) is 36.5. The molecule has 2 aromatic carbocycles. The fraction of sp³-hybridized carbons (Fsp3) is 0.478. The molecular weight excluding hydrogens is 840 g/mol. The molecule has 2 aromatic heterocycles. The van der Waals surface area contributed by atoms with Gasteiger partial charge in [-0.2, -0.15) is 4.98 Å². The Hall–Kier alpha value is -6.07. The number of amides is 5. The van der Waals surface area contributed by atoms with Gasteiger partial charge >= 0.3 is 0 Å². The summed E-state index contributed by atoms with van der Waals surface area (Å²) in [6.45, 7) is 12.0. The van der Waals surface area contributed by atoms with Gasteiger partial charge in [-0.1, -0.05) is 11.6 Å². The lowest BCUT2D eigenvalue weighted by Gasteiger charge is -2.55. The van der Waals surface area contributed by atoms with Crippen molar-refractivity contribution in [1.82, 2.24) is 35.0 Å². The predicted molar refractivity (Wildman–Crippen MR) is 242 cm³/mol. The quantitative estimate of drug-likeness (QED) is 0.180. The van der Waals surface area contributed by atoms with Crippen LogP contribution in [0.15, 0.2) is 47.4 Å². The maximum atomic E-state index is 13.6. The molecule has 5 amide bonds. The zero-order valence-corrected chi connectivity index (χ0v) is 37.3. The van der Waals surface area contributed by atoms with Gasteiger partial charge in [-0.15, -0.1) is 0 Å². The minimum Gasteiger partial charge on any atom is -0.478 e. The van der Waals surface area contributed by atoms with Crippen LogP contribution in [-0.4, -0.2) is 119 Å². The summed E-state index contributed by atoms with van der Waals surface area (Å²) in [5.74, 6) is -0.532. The van der Waals surface area contributed by atoms with Gasteiger partial charge in [0.15, 0.2) is 18.2 Å². The van der Waals surface area contributed by atoms with Crippen LogP contribution in [0.1, 0.15) is 84.7 Å². The second kappa shape index (κ2) is 17.1. The number of carbonyl (C=O) groups excluding carboxylic acids is 5. The predicted octanol–water partition coefficient (Wildman–Crippen LogP) is 4.42. The molecule has 1 atom stereocenters. The number of halogens is 1. The molecule has 1 spiro atoms. The second-order valence-corrected chi connectivity index (χ2v) is 18.6. The van der Waals surface area contributed by atoms with E-state index in [9.17, 15) is 28.8 Å². The number of carbonyl (C=O) groups is 5. The minimum atomic E-state index is -0.980. The summed E-state index contributed by atoms with van der Waals surface area (Å²) in [6.07, 6.45) is 6.09. The number of nitrogens with one attached hydrogen (secondary N) is 3. The first-order valence-corrected chi connectivity index (χ1v) is 22.5. The van der Waals surface area contributed by atoms with Crippen molar-refractivity contribution in [2.75, 3.05) is 74.6 Å². The first-order chi connectivity index (χ1) is 30.7. The highest BCUT2D eigenvalue weighted by Crippen LogP contribution is 2.45. The van der Waals surface area contributed by atoms with Crippen molar-refractivity contribution in [3.05, 3.63) is 74.7 Å². The van der Waals surface area contributed by atoms with Gasteiger partial charge in [0.2, 0.25) is 17.8 Å². The molecule has 0 bridgehead atoms. The number of hydrogen-bond acceptors (Lipinski definition) is 13. The molecule has 0 aliphatic carbocycles. The second-order valence-electron chi connectivity index (χ2n) is 18.2. The molecule has 7 heterocycles. The van der Waals surface area contributed by atoms with Crippen LogP contribution in [0.5, 0.6) is 5.75 Å². The number of benzene rings is 2. The smallest absolute Gasteiger partial charge is 0.293 e. The fourth-order valence-corrected chi connectivity index (χ4v) is 10.3. The van der Waals surface area contributed by atoms with E-state index in [-0.39, 0.29) is 48.1 Å². The molecule has 17 nitrogen and oxygen atoms in total. The Morgan fingerprint density at radius 2 is 1.72 bits per heavy atom. The van der Waals surface area contributed by atoms with Crippen LogP contribution in [0.25, 0.3) is 10.9 Å². The first kappa shape index (κ1) is 43.2. The van der Waals surface area contributed by atoms with E-state index >= 15 is 0 Å². The number of rotatable bonds is 11. The zero-order chi connectivity index (χ0) is 45.0. The molecule has 5 aliphatic heterocycles. The average Bonchev–Trinajstić information content (AvgIpc) is 3.52. The summed E-state index contributed by atoms with van der Waals surface area (Å²) in [6, 6.07) is 9.82. The first-order valence-electron chi connectivity index (χ1n) is 22.1. The molecule has 64 heavy (non-hydrogen) atoms. The summed E-state index contributed by atoms with van der Waals surface area (Å²) >= 11 is 6.62. The molecular formula is C46H53ClN10O7. The van der Waals surface area contributed by atoms with E-state index in [1.807, 2.05) is 45.0 Å². The number of piperidine rings is 3. The largest absolute Gasteiger partial charge is 0.478 e. The number of anilines is 4. The van der Waals surface area contributed by atoms with Crippen LogP contribution < -0.4 is 36.0 Å². The van der Waals surface area contributed by atoms with Crippen LogP contribution in [0.4, 0.5) is 23.1 Å². The summed E-state index contributed by atoms with van der Waals surface area (Å²) in [5.41, 5.74) is 3.75. The Kier molecular flexibility index (Phi) is 11.6. The number of imide groups is 2. The van der Waals surface area contributed by atoms with Gasteiger partial charge in [0.05, 0.1) is 22.8 Å². The van der Waals surface area contributed by atoms with E-state index in [1.165, 1.54) is 7.05 Å². The lowest BCUT2D eigenvalue weighted by atomic mass is 9.71. The Balaban J connectivity index is 0.773. The molecule has 4 fully saturated rings. The van der Waals surface area contributed by atoms with Gasteiger partial charge in [-0.3, -0.25) is 39.0 Å². The van der Waals surface area contributed by atoms with Crippen LogP contribution in [-0.2, 0) is 14.4 Å². The number of nitrogens with zero attached hydrogens (tertiary/aromatic N) is 7. The number of fused-ring (bicyclic) bond motifs is 2. The molecule has 0 saturated carbocycles. The van der Waals surface area contributed by atoms with E-state index in [4.69, 9.17) is 21.3 Å². The van der Waals surface area contributed by atoms with Gasteiger partial charge in [0.25, 0.3) is 23.3 Å². The van der Waals surface area contributed by atoms with Crippen molar-refractivity contribution in [3.63, 3.8) is 0 Å². The fourth-order valence-electron chi connectivity index (χ4n) is 10.2. The van der Waals surface area contributed by atoms with Crippen LogP contribution in [0.3, 0.4) is 0 Å². The van der Waals surface area contributed by atoms with E-state index in [0.29, 0.717) is 33.8 Å². The van der Waals surface area contributed by atoms with Crippen LogP contribution >= 0.6 is 11.6 Å². The maximum Gasteiger partial charge on any atom is 0.293 e. The van der Waals surface area contributed by atoms with Crippen molar-refractivity contribution >= 4 is 75.2 Å². The van der Waals surface area contributed by atoms with Gasteiger partial charge in [-0.05, 0) is 114 Å². The summed E-state index contributed by atoms with van der Waals surface area (Å²) in [5, 5.41) is 9.25. The van der Waals surface area contributed by atoms with Crippen LogP contribution in [0, 0.1) is 18.3 Å². The van der Waals surface area contributed by atoms with E-state index < -0.39 is 29.7 Å². The number of pyridine rings is 1. The average molecular weight is 893 g/mol. The molecule has 0 radical (unpaired) electrons. The van der Waals surface area contributed by atoms with Crippen molar-refractivity contribution in [2.45, 2.75) is 71.4 Å². The Morgan fingerprint density at radius 3 is 2.42 bits per heavy atom. The summed E-state index contributed by atoms with van der Waals surface area (Å²) < 4.78 is 7.27. The van der Waals surface area contributed by atoms with Crippen molar-refractivity contribution in [2.24, 2.45) is 11.3 Å². The highest BCUT2D eigenvalue weighted by molar-refractivity contribution is 6.33. The van der Waals surface area contributed by atoms with Crippen molar-refractivity contribution < 1.29 is 28.7 Å². The number of ether oxygens (including phenoxy) is 1. The lowest BCUT2D eigenvalue weighted by molar-refractivity contribution is -0.136. The van der Waals surface area contributed by atoms with Gasteiger partial charge in [0.1, 0.15) is 11.1 Å². The monoisotopic (exact) mass is 892 g/mol. The third kappa shape index (κ3) is 8.03. The standard InChI is InChI=1S/C46H53ClN10O7/c1-26(2)56-34-7-5-30(19-29(34)20-36(43(56)62)64-23-38(59)48-4)50-40-32(47)21-49-45(52-40)54-15-11-28(12-16-54)22-53-17-13-46(14-18-53)24-55(25-46)33-8-6-31-39(27(33)3)44(63)57(42(31)61)35-9-10-37(58)51-41(35)60/h5-8,19-21,26,28,35H,9-18,22-25H2,1-4H3,(H,48,59)(H,49,50,52)(H,51,58,60). The van der Waals surface area contributed by atoms with E-state index in [2.05, 4.69) is 35.6 Å². The van der Waals surface area contributed by atoms with Gasteiger partial charge in [-0.25, -0.2) is 4.98 Å². The molecule has 1 unspecified atom stereocenters. The maximum absolute atomic E-state index is 13.6. The topological polar surface area (TPSA) is 191 Å². The Morgan fingerprint density at radius 1 is 0.969 bits per heavy atom. The SMILES string of the molecule is CNC(=O)COc1cc2cc(Nc3nc(N4CCC(CN5CCC6(CC5)CN(c5ccc7c(c5C)C(=O)N(C5CCC(=O)NC5=O)C7=O)C6)CC4)ncc3Cl)ccc2n(C(C)C)c1=O. The van der Waals surface area contributed by atoms with E-state index in [0.717, 1.165) is 104 Å². The highest BCUT2D eigenvalue weighted by atomic mass is 35.5. The highest BCUT2D eigenvalue weighted by Gasteiger charge is 2.48.